The van der Waals surface area contributed by atoms with Crippen LogP contribution in [0.1, 0.15) is 29.8 Å². The molecule has 0 aliphatic carbocycles. The van der Waals surface area contributed by atoms with Crippen LogP contribution in [-0.4, -0.2) is 11.9 Å². The van der Waals surface area contributed by atoms with Crippen LogP contribution in [0.2, 0.25) is 0 Å². The minimum atomic E-state index is -0.0348. The van der Waals surface area contributed by atoms with Crippen molar-refractivity contribution in [3.63, 3.8) is 0 Å². The van der Waals surface area contributed by atoms with Crippen molar-refractivity contribution in [2.75, 3.05) is 0 Å². The maximum Gasteiger partial charge on any atom is 0.194 e. The van der Waals surface area contributed by atoms with E-state index in [1.807, 2.05) is 44.2 Å². The van der Waals surface area contributed by atoms with Gasteiger partial charge in [0.15, 0.2) is 5.78 Å². The van der Waals surface area contributed by atoms with E-state index >= 15 is 0 Å². The van der Waals surface area contributed by atoms with Gasteiger partial charge in [-0.1, -0.05) is 44.0 Å². The third-order valence-corrected chi connectivity index (χ3v) is 3.83. The van der Waals surface area contributed by atoms with Crippen molar-refractivity contribution in [3.8, 4) is 5.75 Å². The average molecular weight is 398 g/mol. The Labute approximate surface area is 135 Å². The second-order valence-corrected chi connectivity index (χ2v) is 6.42. The lowest BCUT2D eigenvalue weighted by atomic mass is 10.0. The van der Waals surface area contributed by atoms with Crippen molar-refractivity contribution in [1.29, 1.82) is 0 Å². The first-order valence-corrected chi connectivity index (χ1v) is 7.82. The lowest BCUT2D eigenvalue weighted by Gasteiger charge is -2.11. The Morgan fingerprint density at radius 1 is 1.10 bits per heavy atom. The highest BCUT2D eigenvalue weighted by molar-refractivity contribution is 9.11. The van der Waals surface area contributed by atoms with Gasteiger partial charge < -0.3 is 4.74 Å². The van der Waals surface area contributed by atoms with Crippen LogP contribution in [0.5, 0.6) is 5.75 Å². The first-order valence-electron chi connectivity index (χ1n) is 6.24. The van der Waals surface area contributed by atoms with Gasteiger partial charge in [0.2, 0.25) is 0 Å². The smallest absolute Gasteiger partial charge is 0.194 e. The van der Waals surface area contributed by atoms with Gasteiger partial charge in [-0.05, 0) is 44.2 Å². The maximum atomic E-state index is 12.6. The predicted molar refractivity (Wildman–Crippen MR) is 87.5 cm³/mol. The zero-order valence-electron chi connectivity index (χ0n) is 11.2. The molecule has 104 valence electrons. The third kappa shape index (κ3) is 3.70. The Morgan fingerprint density at radius 2 is 1.85 bits per heavy atom. The summed E-state index contributed by atoms with van der Waals surface area (Å²) >= 11 is 6.80. The number of halogens is 2. The fraction of sp³-hybridized carbons (Fsp3) is 0.188. The highest BCUT2D eigenvalue weighted by atomic mass is 79.9. The second-order valence-electron chi connectivity index (χ2n) is 4.65. The van der Waals surface area contributed by atoms with Crippen LogP contribution in [0.3, 0.4) is 0 Å². The van der Waals surface area contributed by atoms with Crippen molar-refractivity contribution in [2.45, 2.75) is 20.0 Å². The molecule has 2 aromatic carbocycles. The van der Waals surface area contributed by atoms with Crippen molar-refractivity contribution in [1.82, 2.24) is 0 Å². The monoisotopic (exact) mass is 396 g/mol. The molecular weight excluding hydrogens is 384 g/mol. The SMILES string of the molecule is CC(C)Oc1cccc(C(=O)c2cc(Br)ccc2Br)c1. The van der Waals surface area contributed by atoms with Crippen molar-refractivity contribution >= 4 is 37.6 Å². The summed E-state index contributed by atoms with van der Waals surface area (Å²) in [7, 11) is 0. The third-order valence-electron chi connectivity index (χ3n) is 2.64. The summed E-state index contributed by atoms with van der Waals surface area (Å²) < 4.78 is 7.27. The molecule has 0 atom stereocenters. The summed E-state index contributed by atoms with van der Waals surface area (Å²) in [4.78, 5) is 12.6. The van der Waals surface area contributed by atoms with Crippen LogP contribution in [0.4, 0.5) is 0 Å². The largest absolute Gasteiger partial charge is 0.491 e. The van der Waals surface area contributed by atoms with Crippen LogP contribution < -0.4 is 4.74 Å². The van der Waals surface area contributed by atoms with Gasteiger partial charge in [-0.15, -0.1) is 0 Å². The van der Waals surface area contributed by atoms with Crippen LogP contribution in [0.15, 0.2) is 51.4 Å². The van der Waals surface area contributed by atoms with E-state index in [1.165, 1.54) is 0 Å². The predicted octanol–water partition coefficient (Wildman–Crippen LogP) is 5.23. The van der Waals surface area contributed by atoms with Gasteiger partial charge in [0.05, 0.1) is 6.10 Å². The quantitative estimate of drug-likeness (QED) is 0.660. The molecule has 2 nitrogen and oxygen atoms in total. The van der Waals surface area contributed by atoms with Crippen LogP contribution in [0.25, 0.3) is 0 Å². The van der Waals surface area contributed by atoms with Crippen LogP contribution in [-0.2, 0) is 0 Å². The van der Waals surface area contributed by atoms with Crippen molar-refractivity contribution in [2.24, 2.45) is 0 Å². The molecule has 0 saturated carbocycles. The zero-order chi connectivity index (χ0) is 14.7. The summed E-state index contributed by atoms with van der Waals surface area (Å²) in [5.41, 5.74) is 1.24. The molecule has 0 heterocycles. The number of carbonyl (C=O) groups excluding carboxylic acids is 1. The van der Waals surface area contributed by atoms with E-state index in [1.54, 1.807) is 12.1 Å². The molecule has 20 heavy (non-hydrogen) atoms. The van der Waals surface area contributed by atoms with Gasteiger partial charge in [-0.2, -0.15) is 0 Å². The van der Waals surface area contributed by atoms with Gasteiger partial charge in [0.25, 0.3) is 0 Å². The molecule has 0 amide bonds. The molecule has 0 spiro atoms. The molecule has 0 radical (unpaired) electrons. The molecule has 0 aliphatic heterocycles. The highest BCUT2D eigenvalue weighted by Gasteiger charge is 2.14. The Bertz CT molecular complexity index is 636. The minimum absolute atomic E-state index is 0.0348. The highest BCUT2D eigenvalue weighted by Crippen LogP contribution is 2.25. The van der Waals surface area contributed by atoms with E-state index < -0.39 is 0 Å². The van der Waals surface area contributed by atoms with E-state index in [9.17, 15) is 4.79 Å². The number of carbonyl (C=O) groups is 1. The van der Waals surface area contributed by atoms with Gasteiger partial charge in [0.1, 0.15) is 5.75 Å². The molecule has 2 rings (SSSR count). The van der Waals surface area contributed by atoms with Crippen LogP contribution in [0, 0.1) is 0 Å². The molecule has 0 unspecified atom stereocenters. The Balaban J connectivity index is 2.35. The average Bonchev–Trinajstić information content (AvgIpc) is 2.40. The fourth-order valence-electron chi connectivity index (χ4n) is 1.81. The first-order chi connectivity index (χ1) is 9.47. The van der Waals surface area contributed by atoms with Gasteiger partial charge in [0, 0.05) is 20.1 Å². The second kappa shape index (κ2) is 6.55. The number of benzene rings is 2. The Kier molecular flexibility index (Phi) is 5.00. The lowest BCUT2D eigenvalue weighted by Crippen LogP contribution is -2.07. The summed E-state index contributed by atoms with van der Waals surface area (Å²) in [5, 5.41) is 0. The lowest BCUT2D eigenvalue weighted by molar-refractivity contribution is 0.103. The molecule has 0 saturated heterocycles. The zero-order valence-corrected chi connectivity index (χ0v) is 14.4. The van der Waals surface area contributed by atoms with Gasteiger partial charge >= 0.3 is 0 Å². The standard InChI is InChI=1S/C16H14Br2O2/c1-10(2)20-13-5-3-4-11(8-13)16(19)14-9-12(17)6-7-15(14)18/h3-10H,1-2H3. The number of ketones is 1. The number of hydrogen-bond acceptors (Lipinski definition) is 2. The molecule has 4 heteroatoms. The van der Waals surface area contributed by atoms with E-state index in [2.05, 4.69) is 31.9 Å². The minimum Gasteiger partial charge on any atom is -0.491 e. The fourth-order valence-corrected chi connectivity index (χ4v) is 2.60. The van der Waals surface area contributed by atoms with Gasteiger partial charge in [-0.25, -0.2) is 0 Å². The number of rotatable bonds is 4. The summed E-state index contributed by atoms with van der Waals surface area (Å²) in [6.45, 7) is 3.92. The molecule has 0 fully saturated rings. The molecular formula is C16H14Br2O2. The Hall–Kier alpha value is -1.13. The first kappa shape index (κ1) is 15.3. The summed E-state index contributed by atoms with van der Waals surface area (Å²) in [5.74, 6) is 0.671. The molecule has 0 aliphatic rings. The Morgan fingerprint density at radius 3 is 2.55 bits per heavy atom. The number of ether oxygens (including phenoxy) is 1. The van der Waals surface area contributed by atoms with Crippen molar-refractivity contribution in [3.05, 3.63) is 62.5 Å². The maximum absolute atomic E-state index is 12.6. The topological polar surface area (TPSA) is 26.3 Å². The van der Waals surface area contributed by atoms with Gasteiger partial charge in [-0.3, -0.25) is 4.79 Å². The van der Waals surface area contributed by atoms with E-state index in [-0.39, 0.29) is 11.9 Å². The molecule has 0 N–H and O–H groups in total. The number of hydrogen-bond donors (Lipinski definition) is 0. The van der Waals surface area contributed by atoms with Crippen LogP contribution >= 0.6 is 31.9 Å². The molecule has 0 aromatic heterocycles. The van der Waals surface area contributed by atoms with E-state index in [4.69, 9.17) is 4.74 Å². The summed E-state index contributed by atoms with van der Waals surface area (Å²) in [6, 6.07) is 12.8. The molecule has 2 aromatic rings. The van der Waals surface area contributed by atoms with Crippen molar-refractivity contribution < 1.29 is 9.53 Å². The normalized spacial score (nSPS) is 10.7. The summed E-state index contributed by atoms with van der Waals surface area (Å²) in [6.07, 6.45) is 0.0814. The molecule has 0 bridgehead atoms. The van der Waals surface area contributed by atoms with E-state index in [0.717, 1.165) is 8.95 Å². The van der Waals surface area contributed by atoms with E-state index in [0.29, 0.717) is 16.9 Å².